The number of hydrogen-bond acceptors (Lipinski definition) is 4. The highest BCUT2D eigenvalue weighted by molar-refractivity contribution is 5.48. The molecule has 1 aromatic rings. The fourth-order valence-corrected chi connectivity index (χ4v) is 0.820. The molecule has 0 aliphatic rings. The first kappa shape index (κ1) is 9.32. The Morgan fingerprint density at radius 2 is 2.23 bits per heavy atom. The highest BCUT2D eigenvalue weighted by Gasteiger charge is 2.01. The molecule has 0 aliphatic heterocycles. The van der Waals surface area contributed by atoms with Crippen molar-refractivity contribution in [2.24, 2.45) is 0 Å². The molecular formula is C8H10N3O2+. The largest absolute Gasteiger partial charge is 0.357 e. The van der Waals surface area contributed by atoms with Crippen LogP contribution in [0, 0.1) is 6.07 Å². The summed E-state index contributed by atoms with van der Waals surface area (Å²) in [5.41, 5.74) is 3.45. The van der Waals surface area contributed by atoms with Crippen LogP contribution in [0.2, 0.25) is 0 Å². The van der Waals surface area contributed by atoms with Crippen molar-refractivity contribution in [2.45, 2.75) is 0 Å². The Hall–Kier alpha value is -1.77. The fourth-order valence-electron chi connectivity index (χ4n) is 0.820. The lowest BCUT2D eigenvalue weighted by atomic mass is 10.2. The van der Waals surface area contributed by atoms with Gasteiger partial charge in [-0.2, -0.15) is 0 Å². The summed E-state index contributed by atoms with van der Waals surface area (Å²) >= 11 is 0. The lowest BCUT2D eigenvalue weighted by Crippen LogP contribution is -2.10. The molecule has 5 nitrogen and oxygen atoms in total. The predicted octanol–water partition coefficient (Wildman–Crippen LogP) is 1.09. The van der Waals surface area contributed by atoms with Gasteiger partial charge in [-0.1, -0.05) is 11.5 Å². The first-order valence-electron chi connectivity index (χ1n) is 3.64. The molecular weight excluding hydrogens is 170 g/mol. The molecule has 68 valence electrons. The summed E-state index contributed by atoms with van der Waals surface area (Å²) in [7, 11) is 1.65. The van der Waals surface area contributed by atoms with Crippen molar-refractivity contribution >= 4 is 5.69 Å². The Labute approximate surface area is 75.5 Å². The second-order valence-electron chi connectivity index (χ2n) is 2.29. The Kier molecular flexibility index (Phi) is 3.09. The molecule has 0 saturated carbocycles. The minimum Gasteiger partial charge on any atom is -0.264 e. The maximum atomic E-state index is 8.69. The minimum absolute atomic E-state index is 0.0462. The summed E-state index contributed by atoms with van der Waals surface area (Å²) in [6.45, 7) is 0. The van der Waals surface area contributed by atoms with Gasteiger partial charge in [0, 0.05) is 0 Å². The molecule has 1 aromatic carbocycles. The predicted molar refractivity (Wildman–Crippen MR) is 47.9 cm³/mol. The Morgan fingerprint density at radius 3 is 2.85 bits per heavy atom. The van der Waals surface area contributed by atoms with Crippen molar-refractivity contribution in [1.82, 2.24) is 5.43 Å². The summed E-state index contributed by atoms with van der Waals surface area (Å²) in [4.78, 5) is 3.66. The first-order valence-corrected chi connectivity index (χ1v) is 3.64. The molecule has 1 rings (SSSR count). The summed E-state index contributed by atoms with van der Waals surface area (Å²) in [5, 5.41) is 17.4. The van der Waals surface area contributed by atoms with Gasteiger partial charge in [-0.25, -0.2) is 0 Å². The molecule has 5 heteroatoms. The van der Waals surface area contributed by atoms with Crippen molar-refractivity contribution in [3.05, 3.63) is 34.8 Å². The van der Waals surface area contributed by atoms with Gasteiger partial charge in [0.25, 0.3) is 0 Å². The van der Waals surface area contributed by atoms with E-state index in [2.05, 4.69) is 16.4 Å². The molecule has 0 fully saturated rings. The lowest BCUT2D eigenvalue weighted by molar-refractivity contribution is 0.0291. The van der Waals surface area contributed by atoms with E-state index >= 15 is 0 Å². The van der Waals surface area contributed by atoms with Crippen LogP contribution in [0.5, 0.6) is 0 Å². The van der Waals surface area contributed by atoms with Crippen molar-refractivity contribution < 1.29 is 10.4 Å². The van der Waals surface area contributed by atoms with E-state index in [-0.39, 0.29) is 10.9 Å². The molecule has 0 aromatic heterocycles. The minimum atomic E-state index is 0.0462. The maximum Gasteiger partial charge on any atom is 0.357 e. The summed E-state index contributed by atoms with van der Waals surface area (Å²) < 4.78 is 0. The van der Waals surface area contributed by atoms with Gasteiger partial charge in [0.2, 0.25) is 0 Å². The Bertz CT molecular complexity index is 341. The van der Waals surface area contributed by atoms with Gasteiger partial charge in [0.05, 0.1) is 17.7 Å². The third-order valence-electron chi connectivity index (χ3n) is 1.37. The van der Waals surface area contributed by atoms with Gasteiger partial charge in [-0.15, -0.1) is 5.23 Å². The smallest absolute Gasteiger partial charge is 0.264 e. The molecule has 0 amide bonds. The normalized spacial score (nSPS) is 8.54. The zero-order valence-electron chi connectivity index (χ0n) is 7.10. The van der Waals surface area contributed by atoms with Crippen LogP contribution in [0.1, 0.15) is 5.56 Å². The van der Waals surface area contributed by atoms with Gasteiger partial charge in [-0.05, 0) is 18.2 Å². The summed E-state index contributed by atoms with van der Waals surface area (Å²) in [5.74, 6) is 0. The second kappa shape index (κ2) is 4.30. The SMILES string of the molecule is CN[N+]#Cc1cccc(N(O)O)c1. The van der Waals surface area contributed by atoms with Crippen LogP contribution in [0.4, 0.5) is 5.69 Å². The first-order chi connectivity index (χ1) is 6.24. The van der Waals surface area contributed by atoms with E-state index in [1.54, 1.807) is 25.2 Å². The van der Waals surface area contributed by atoms with E-state index in [9.17, 15) is 0 Å². The van der Waals surface area contributed by atoms with Crippen LogP contribution in [0.15, 0.2) is 24.3 Å². The van der Waals surface area contributed by atoms with Crippen LogP contribution < -0.4 is 10.7 Å². The highest BCUT2D eigenvalue weighted by Crippen LogP contribution is 2.11. The van der Waals surface area contributed by atoms with Crippen LogP contribution in [-0.4, -0.2) is 17.5 Å². The number of rotatable bonds is 1. The zero-order chi connectivity index (χ0) is 9.68. The van der Waals surface area contributed by atoms with Gasteiger partial charge in [-0.3, -0.25) is 10.4 Å². The number of hydrogen-bond donors (Lipinski definition) is 3. The molecule has 0 heterocycles. The Morgan fingerprint density at radius 1 is 1.46 bits per heavy atom. The van der Waals surface area contributed by atoms with E-state index in [4.69, 9.17) is 10.4 Å². The summed E-state index contributed by atoms with van der Waals surface area (Å²) in [6.07, 6.45) is 0. The standard InChI is InChI=1S/C8H10N3O2/c1-9-10-6-7-3-2-4-8(5-7)11(12)13/h2-5,9,12-13H,1H3/q+1. The maximum absolute atomic E-state index is 8.69. The Balaban J connectivity index is 2.92. The van der Waals surface area contributed by atoms with E-state index in [1.807, 2.05) is 0 Å². The number of anilines is 1. The number of benzene rings is 1. The van der Waals surface area contributed by atoms with Gasteiger partial charge >= 0.3 is 6.07 Å². The fraction of sp³-hybridized carbons (Fsp3) is 0.125. The van der Waals surface area contributed by atoms with Crippen molar-refractivity contribution in [3.63, 3.8) is 0 Å². The monoisotopic (exact) mass is 180 g/mol. The van der Waals surface area contributed by atoms with Crippen molar-refractivity contribution in [2.75, 3.05) is 12.3 Å². The van der Waals surface area contributed by atoms with E-state index in [1.165, 1.54) is 6.07 Å². The van der Waals surface area contributed by atoms with Crippen LogP contribution in [-0.2, 0) is 0 Å². The molecule has 0 bridgehead atoms. The van der Waals surface area contributed by atoms with Gasteiger partial charge in [0.15, 0.2) is 0 Å². The molecule has 3 N–H and O–H groups in total. The average Bonchev–Trinajstić information content (AvgIpc) is 2.15. The third-order valence-corrected chi connectivity index (χ3v) is 1.37. The molecule has 0 spiro atoms. The van der Waals surface area contributed by atoms with Crippen LogP contribution >= 0.6 is 0 Å². The zero-order valence-corrected chi connectivity index (χ0v) is 7.10. The van der Waals surface area contributed by atoms with E-state index in [0.717, 1.165) is 0 Å². The number of nitrogens with zero attached hydrogens (tertiary/aromatic N) is 2. The van der Waals surface area contributed by atoms with Gasteiger partial charge < -0.3 is 0 Å². The molecule has 0 saturated heterocycles. The van der Waals surface area contributed by atoms with Gasteiger partial charge in [0.1, 0.15) is 5.56 Å². The molecule has 0 radical (unpaired) electrons. The number of nitrogens with one attached hydrogen (secondary N) is 1. The topological polar surface area (TPSA) is 60.1 Å². The lowest BCUT2D eigenvalue weighted by Gasteiger charge is -2.05. The third kappa shape index (κ3) is 2.63. The highest BCUT2D eigenvalue weighted by atomic mass is 16.8. The molecule has 13 heavy (non-hydrogen) atoms. The molecule has 0 aliphatic carbocycles. The molecule has 0 unspecified atom stereocenters. The average molecular weight is 180 g/mol. The van der Waals surface area contributed by atoms with E-state index < -0.39 is 0 Å². The van der Waals surface area contributed by atoms with Crippen LogP contribution in [0.3, 0.4) is 0 Å². The van der Waals surface area contributed by atoms with Crippen molar-refractivity contribution in [3.8, 4) is 6.07 Å². The molecule has 0 atom stereocenters. The summed E-state index contributed by atoms with van der Waals surface area (Å²) in [6, 6.07) is 9.14. The van der Waals surface area contributed by atoms with Crippen LogP contribution in [0.25, 0.3) is 4.95 Å². The quantitative estimate of drug-likeness (QED) is 0.566. The van der Waals surface area contributed by atoms with Crippen molar-refractivity contribution in [1.29, 1.82) is 0 Å². The second-order valence-corrected chi connectivity index (χ2v) is 2.29. The van der Waals surface area contributed by atoms with E-state index in [0.29, 0.717) is 5.56 Å².